The number of nitrogens with zero attached hydrogens (tertiary/aromatic N) is 2. The Kier molecular flexibility index (Phi) is 5.31. The van der Waals surface area contributed by atoms with Gasteiger partial charge in [0.2, 0.25) is 0 Å². The van der Waals surface area contributed by atoms with Crippen molar-refractivity contribution in [2.45, 2.75) is 38.6 Å². The molecule has 5 nitrogen and oxygen atoms in total. The number of likely N-dealkylation sites (tertiary alicyclic amines) is 1. The van der Waals surface area contributed by atoms with Crippen molar-refractivity contribution in [2.24, 2.45) is 0 Å². The third-order valence-electron chi connectivity index (χ3n) is 4.42. The molecule has 1 atom stereocenters. The van der Waals surface area contributed by atoms with Crippen molar-refractivity contribution < 1.29 is 23.5 Å². The highest BCUT2D eigenvalue weighted by atomic mass is 32.1. The Bertz CT molecular complexity index is 853. The fraction of sp³-hybridized carbons (Fsp3) is 0.389. The number of rotatable bonds is 4. The minimum Gasteiger partial charge on any atom is -0.481 e. The van der Waals surface area contributed by atoms with Gasteiger partial charge in [-0.3, -0.25) is 9.59 Å². The number of piperidine rings is 1. The molecule has 8 heteroatoms. The quantitative estimate of drug-likeness (QED) is 0.874. The monoisotopic (exact) mass is 380 g/mol. The van der Waals surface area contributed by atoms with Crippen LogP contribution in [0.3, 0.4) is 0 Å². The van der Waals surface area contributed by atoms with Gasteiger partial charge in [0.25, 0.3) is 5.91 Å². The average molecular weight is 380 g/mol. The van der Waals surface area contributed by atoms with E-state index in [4.69, 9.17) is 5.11 Å². The van der Waals surface area contributed by atoms with E-state index in [1.165, 1.54) is 17.4 Å². The topological polar surface area (TPSA) is 70.5 Å². The number of amides is 1. The molecular weight excluding hydrogens is 362 g/mol. The Hall–Kier alpha value is -2.35. The highest BCUT2D eigenvalue weighted by molar-refractivity contribution is 7.15. The van der Waals surface area contributed by atoms with E-state index >= 15 is 0 Å². The smallest absolute Gasteiger partial charge is 0.305 e. The van der Waals surface area contributed by atoms with Crippen LogP contribution in [0.4, 0.5) is 8.78 Å². The van der Waals surface area contributed by atoms with Gasteiger partial charge in [-0.05, 0) is 43.9 Å². The molecule has 1 saturated heterocycles. The molecule has 2 heterocycles. The van der Waals surface area contributed by atoms with E-state index < -0.39 is 17.6 Å². The molecule has 1 aromatic heterocycles. The number of aryl methyl sites for hydroxylation is 1. The summed E-state index contributed by atoms with van der Waals surface area (Å²) in [4.78, 5) is 30.5. The van der Waals surface area contributed by atoms with E-state index in [2.05, 4.69) is 4.98 Å². The lowest BCUT2D eigenvalue weighted by molar-refractivity contribution is -0.138. The van der Waals surface area contributed by atoms with E-state index in [9.17, 15) is 18.4 Å². The number of hydrogen-bond donors (Lipinski definition) is 1. The molecule has 1 aliphatic heterocycles. The van der Waals surface area contributed by atoms with Crippen LogP contribution in [0.15, 0.2) is 18.2 Å². The molecule has 1 aliphatic rings. The Balaban J connectivity index is 1.96. The SMILES string of the molecule is Cc1nc(C(=O)N2CCCCC2CC(=O)O)c(-c2ccc(F)c(F)c2)s1. The standard InChI is InChI=1S/C18H18F2N2O3S/c1-10-21-16(17(26-10)11-5-6-13(19)14(20)8-11)18(25)22-7-3-2-4-12(22)9-15(23)24/h5-6,8,12H,2-4,7,9H2,1H3,(H,23,24). The third-order valence-corrected chi connectivity index (χ3v) is 5.44. The number of thiazole rings is 1. The molecule has 1 N–H and O–H groups in total. The van der Waals surface area contributed by atoms with Gasteiger partial charge >= 0.3 is 5.97 Å². The van der Waals surface area contributed by atoms with Gasteiger partial charge in [-0.25, -0.2) is 13.8 Å². The van der Waals surface area contributed by atoms with Gasteiger partial charge in [0.05, 0.1) is 16.3 Å². The van der Waals surface area contributed by atoms with Gasteiger partial charge in [0.15, 0.2) is 11.6 Å². The van der Waals surface area contributed by atoms with Crippen molar-refractivity contribution in [1.29, 1.82) is 0 Å². The molecule has 0 aliphatic carbocycles. The first kappa shape index (κ1) is 18.4. The summed E-state index contributed by atoms with van der Waals surface area (Å²) in [6, 6.07) is 3.09. The maximum absolute atomic E-state index is 13.6. The molecule has 0 spiro atoms. The number of aromatic nitrogens is 1. The zero-order valence-electron chi connectivity index (χ0n) is 14.2. The number of carbonyl (C=O) groups excluding carboxylic acids is 1. The zero-order chi connectivity index (χ0) is 18.8. The van der Waals surface area contributed by atoms with Crippen LogP contribution in [0, 0.1) is 18.6 Å². The molecule has 0 radical (unpaired) electrons. The van der Waals surface area contributed by atoms with Crippen LogP contribution >= 0.6 is 11.3 Å². The molecule has 138 valence electrons. The fourth-order valence-corrected chi connectivity index (χ4v) is 4.13. The minimum atomic E-state index is -0.992. The van der Waals surface area contributed by atoms with Gasteiger partial charge in [-0.15, -0.1) is 11.3 Å². The zero-order valence-corrected chi connectivity index (χ0v) is 15.0. The second-order valence-corrected chi connectivity index (χ2v) is 7.49. The summed E-state index contributed by atoms with van der Waals surface area (Å²) < 4.78 is 26.8. The Labute approximate surface area is 153 Å². The molecule has 0 bridgehead atoms. The predicted molar refractivity (Wildman–Crippen MR) is 93.1 cm³/mol. The molecule has 26 heavy (non-hydrogen) atoms. The van der Waals surface area contributed by atoms with Gasteiger partial charge < -0.3 is 10.0 Å². The first-order valence-corrected chi connectivity index (χ1v) is 9.14. The summed E-state index contributed by atoms with van der Waals surface area (Å²) >= 11 is 1.23. The van der Waals surface area contributed by atoms with Gasteiger partial charge in [0, 0.05) is 12.6 Å². The minimum absolute atomic E-state index is 0.116. The van der Waals surface area contributed by atoms with Gasteiger partial charge in [-0.2, -0.15) is 0 Å². The molecule has 1 unspecified atom stereocenters. The number of carboxylic acid groups (broad SMARTS) is 1. The molecule has 1 amide bonds. The summed E-state index contributed by atoms with van der Waals surface area (Å²) in [6.07, 6.45) is 2.18. The van der Waals surface area contributed by atoms with E-state index in [0.717, 1.165) is 25.0 Å². The van der Waals surface area contributed by atoms with E-state index in [1.807, 2.05) is 0 Å². The third kappa shape index (κ3) is 3.75. The summed E-state index contributed by atoms with van der Waals surface area (Å²) in [5.41, 5.74) is 0.542. The van der Waals surface area contributed by atoms with Crippen molar-refractivity contribution in [3.05, 3.63) is 40.5 Å². The van der Waals surface area contributed by atoms with Crippen molar-refractivity contribution >= 4 is 23.2 Å². The Morgan fingerprint density at radius 3 is 2.77 bits per heavy atom. The molecular formula is C18H18F2N2O3S. The van der Waals surface area contributed by atoms with E-state index in [-0.39, 0.29) is 24.1 Å². The lowest BCUT2D eigenvalue weighted by atomic mass is 9.98. The maximum atomic E-state index is 13.6. The van der Waals surface area contributed by atoms with Crippen molar-refractivity contribution in [1.82, 2.24) is 9.88 Å². The van der Waals surface area contributed by atoms with Gasteiger partial charge in [-0.1, -0.05) is 6.07 Å². The molecule has 0 saturated carbocycles. The fourth-order valence-electron chi connectivity index (χ4n) is 3.22. The van der Waals surface area contributed by atoms with E-state index in [0.29, 0.717) is 28.4 Å². The largest absolute Gasteiger partial charge is 0.481 e. The first-order valence-electron chi connectivity index (χ1n) is 8.32. The number of carbonyl (C=O) groups is 2. The van der Waals surface area contributed by atoms with Crippen LogP contribution in [-0.4, -0.2) is 39.5 Å². The first-order chi connectivity index (χ1) is 12.4. The van der Waals surface area contributed by atoms with E-state index in [1.54, 1.807) is 11.8 Å². The van der Waals surface area contributed by atoms with Crippen LogP contribution in [0.1, 0.15) is 41.2 Å². The van der Waals surface area contributed by atoms with Crippen molar-refractivity contribution in [3.8, 4) is 10.4 Å². The summed E-state index contributed by atoms with van der Waals surface area (Å²) in [5.74, 6) is -3.26. The molecule has 1 aromatic carbocycles. The lowest BCUT2D eigenvalue weighted by Gasteiger charge is -2.34. The second kappa shape index (κ2) is 7.49. The summed E-state index contributed by atoms with van der Waals surface area (Å²) in [5, 5.41) is 9.73. The lowest BCUT2D eigenvalue weighted by Crippen LogP contribution is -2.45. The number of benzene rings is 1. The Morgan fingerprint density at radius 1 is 1.31 bits per heavy atom. The maximum Gasteiger partial charge on any atom is 0.305 e. The number of carboxylic acids is 1. The normalized spacial score (nSPS) is 17.3. The summed E-state index contributed by atoms with van der Waals surface area (Å²) in [7, 11) is 0. The van der Waals surface area contributed by atoms with Crippen LogP contribution in [0.2, 0.25) is 0 Å². The number of halogens is 2. The van der Waals surface area contributed by atoms with Crippen molar-refractivity contribution in [2.75, 3.05) is 6.54 Å². The second-order valence-electron chi connectivity index (χ2n) is 6.29. The number of hydrogen-bond acceptors (Lipinski definition) is 4. The highest BCUT2D eigenvalue weighted by Crippen LogP contribution is 2.33. The van der Waals surface area contributed by atoms with Crippen LogP contribution in [0.5, 0.6) is 0 Å². The predicted octanol–water partition coefficient (Wildman–Crippen LogP) is 3.87. The number of aliphatic carboxylic acids is 1. The van der Waals surface area contributed by atoms with Crippen LogP contribution in [0.25, 0.3) is 10.4 Å². The highest BCUT2D eigenvalue weighted by Gasteiger charge is 2.32. The molecule has 3 rings (SSSR count). The summed E-state index contributed by atoms with van der Waals surface area (Å²) in [6.45, 7) is 2.19. The van der Waals surface area contributed by atoms with Crippen LogP contribution < -0.4 is 0 Å². The van der Waals surface area contributed by atoms with Gasteiger partial charge in [0.1, 0.15) is 5.69 Å². The molecule has 2 aromatic rings. The van der Waals surface area contributed by atoms with Crippen LogP contribution in [-0.2, 0) is 4.79 Å². The van der Waals surface area contributed by atoms with Crippen molar-refractivity contribution in [3.63, 3.8) is 0 Å². The Morgan fingerprint density at radius 2 is 2.08 bits per heavy atom. The average Bonchev–Trinajstić information content (AvgIpc) is 2.98. The molecule has 1 fully saturated rings.